The van der Waals surface area contributed by atoms with Crippen molar-refractivity contribution in [3.05, 3.63) is 56.6 Å². The van der Waals surface area contributed by atoms with Crippen LogP contribution in [0.3, 0.4) is 0 Å². The maximum atomic E-state index is 12.1. The highest BCUT2D eigenvalue weighted by atomic mass is 127. The fourth-order valence-electron chi connectivity index (χ4n) is 1.36. The summed E-state index contributed by atoms with van der Waals surface area (Å²) in [6.07, 6.45) is 0. The lowest BCUT2D eigenvalue weighted by molar-refractivity contribution is 0.601. The van der Waals surface area contributed by atoms with E-state index in [1.165, 1.54) is 0 Å². The third-order valence-electron chi connectivity index (χ3n) is 2.24. The lowest BCUT2D eigenvalue weighted by Gasteiger charge is -2.09. The SMILES string of the molecule is O=S(=O)(Nc1ccccc1I)c1ccc(Br)cc1. The molecule has 0 aromatic heterocycles. The van der Waals surface area contributed by atoms with E-state index < -0.39 is 10.0 Å². The van der Waals surface area contributed by atoms with Crippen LogP contribution in [0.2, 0.25) is 0 Å². The summed E-state index contributed by atoms with van der Waals surface area (Å²) in [4.78, 5) is 0.241. The second-order valence-corrected chi connectivity index (χ2v) is 7.30. The average Bonchev–Trinajstić information content (AvgIpc) is 2.32. The summed E-state index contributed by atoms with van der Waals surface area (Å²) < 4.78 is 28.5. The van der Waals surface area contributed by atoms with E-state index in [2.05, 4.69) is 43.2 Å². The highest BCUT2D eigenvalue weighted by Gasteiger charge is 2.14. The maximum Gasteiger partial charge on any atom is 0.261 e. The first-order valence-corrected chi connectivity index (χ1v) is 8.37. The van der Waals surface area contributed by atoms with Crippen LogP contribution in [-0.2, 0) is 10.0 Å². The summed E-state index contributed by atoms with van der Waals surface area (Å²) in [5.41, 5.74) is 0.584. The molecule has 0 amide bonds. The van der Waals surface area contributed by atoms with Crippen molar-refractivity contribution >= 4 is 54.2 Å². The zero-order chi connectivity index (χ0) is 13.2. The lowest BCUT2D eigenvalue weighted by atomic mass is 10.3. The van der Waals surface area contributed by atoms with Crippen LogP contribution in [0.15, 0.2) is 57.9 Å². The molecule has 0 spiro atoms. The lowest BCUT2D eigenvalue weighted by Crippen LogP contribution is -2.13. The number of rotatable bonds is 3. The van der Waals surface area contributed by atoms with Crippen molar-refractivity contribution in [3.63, 3.8) is 0 Å². The summed E-state index contributed by atoms with van der Waals surface area (Å²) >= 11 is 5.36. The minimum Gasteiger partial charge on any atom is -0.279 e. The predicted molar refractivity (Wildman–Crippen MR) is 84.1 cm³/mol. The Kier molecular flexibility index (Phi) is 4.29. The molecule has 18 heavy (non-hydrogen) atoms. The molecule has 0 heterocycles. The van der Waals surface area contributed by atoms with E-state index >= 15 is 0 Å². The molecule has 0 atom stereocenters. The van der Waals surface area contributed by atoms with Crippen molar-refractivity contribution in [2.75, 3.05) is 4.72 Å². The van der Waals surface area contributed by atoms with Gasteiger partial charge in [-0.1, -0.05) is 28.1 Å². The van der Waals surface area contributed by atoms with Gasteiger partial charge in [0.2, 0.25) is 0 Å². The van der Waals surface area contributed by atoms with E-state index in [4.69, 9.17) is 0 Å². The normalized spacial score (nSPS) is 11.2. The molecule has 2 rings (SSSR count). The molecule has 3 nitrogen and oxygen atoms in total. The van der Waals surface area contributed by atoms with E-state index in [9.17, 15) is 8.42 Å². The van der Waals surface area contributed by atoms with Crippen molar-refractivity contribution in [1.29, 1.82) is 0 Å². The number of benzene rings is 2. The van der Waals surface area contributed by atoms with Gasteiger partial charge in [-0.25, -0.2) is 8.42 Å². The van der Waals surface area contributed by atoms with Crippen LogP contribution >= 0.6 is 38.5 Å². The van der Waals surface area contributed by atoms with Gasteiger partial charge < -0.3 is 0 Å². The van der Waals surface area contributed by atoms with Crippen LogP contribution in [0, 0.1) is 3.57 Å². The smallest absolute Gasteiger partial charge is 0.261 e. The Morgan fingerprint density at radius 2 is 1.61 bits per heavy atom. The molecule has 0 aliphatic carbocycles. The van der Waals surface area contributed by atoms with Gasteiger partial charge in [0, 0.05) is 8.04 Å². The van der Waals surface area contributed by atoms with Gasteiger partial charge in [-0.2, -0.15) is 0 Å². The Hall–Kier alpha value is -0.600. The molecule has 0 bridgehead atoms. The van der Waals surface area contributed by atoms with E-state index in [1.807, 2.05) is 12.1 Å². The minimum atomic E-state index is -3.53. The zero-order valence-electron chi connectivity index (χ0n) is 9.10. The van der Waals surface area contributed by atoms with Gasteiger partial charge in [-0.05, 0) is 59.0 Å². The number of anilines is 1. The molecule has 2 aromatic rings. The van der Waals surface area contributed by atoms with Gasteiger partial charge in [0.05, 0.1) is 10.6 Å². The standard InChI is InChI=1S/C12H9BrINO2S/c13-9-5-7-10(8-6-9)18(16,17)15-12-4-2-1-3-11(12)14/h1-8,15H. The number of sulfonamides is 1. The van der Waals surface area contributed by atoms with Gasteiger partial charge in [-0.3, -0.25) is 4.72 Å². The van der Waals surface area contributed by atoms with E-state index in [1.54, 1.807) is 36.4 Å². The summed E-state index contributed by atoms with van der Waals surface area (Å²) in [6, 6.07) is 13.7. The molecule has 0 fully saturated rings. The summed E-state index contributed by atoms with van der Waals surface area (Å²) in [5.74, 6) is 0. The van der Waals surface area contributed by atoms with Gasteiger partial charge in [0.15, 0.2) is 0 Å². The molecule has 0 unspecified atom stereocenters. The largest absolute Gasteiger partial charge is 0.279 e. The maximum absolute atomic E-state index is 12.1. The molecule has 2 aromatic carbocycles. The summed E-state index contributed by atoms with van der Waals surface area (Å²) in [6.45, 7) is 0. The van der Waals surface area contributed by atoms with Crippen LogP contribution < -0.4 is 4.72 Å². The molecule has 0 saturated carbocycles. The van der Waals surface area contributed by atoms with Gasteiger partial charge in [-0.15, -0.1) is 0 Å². The van der Waals surface area contributed by atoms with Crippen molar-refractivity contribution in [2.45, 2.75) is 4.90 Å². The number of para-hydroxylation sites is 1. The molecule has 94 valence electrons. The van der Waals surface area contributed by atoms with Crippen LogP contribution in [-0.4, -0.2) is 8.42 Å². The third kappa shape index (κ3) is 3.24. The number of hydrogen-bond acceptors (Lipinski definition) is 2. The molecule has 0 aliphatic heterocycles. The fourth-order valence-corrected chi connectivity index (χ4v) is 3.41. The Balaban J connectivity index is 2.33. The van der Waals surface area contributed by atoms with Gasteiger partial charge in [0.1, 0.15) is 0 Å². The molecular weight excluding hydrogens is 429 g/mol. The van der Waals surface area contributed by atoms with E-state index in [-0.39, 0.29) is 4.90 Å². The van der Waals surface area contributed by atoms with E-state index in [0.29, 0.717) is 5.69 Å². The first-order valence-electron chi connectivity index (χ1n) is 5.02. The van der Waals surface area contributed by atoms with Crippen molar-refractivity contribution in [1.82, 2.24) is 0 Å². The van der Waals surface area contributed by atoms with Crippen LogP contribution in [0.1, 0.15) is 0 Å². The van der Waals surface area contributed by atoms with Crippen LogP contribution in [0.4, 0.5) is 5.69 Å². The Morgan fingerprint density at radius 3 is 2.22 bits per heavy atom. The first kappa shape index (κ1) is 13.8. The summed E-state index contributed by atoms with van der Waals surface area (Å²) in [7, 11) is -3.53. The predicted octanol–water partition coefficient (Wildman–Crippen LogP) is 3.85. The third-order valence-corrected chi connectivity index (χ3v) is 5.09. The second-order valence-electron chi connectivity index (χ2n) is 3.54. The van der Waals surface area contributed by atoms with Gasteiger partial charge in [0.25, 0.3) is 10.0 Å². The number of halogens is 2. The Bertz CT molecular complexity index is 656. The highest BCUT2D eigenvalue weighted by Crippen LogP contribution is 2.22. The number of nitrogens with one attached hydrogen (secondary N) is 1. The molecule has 0 radical (unpaired) electrons. The Labute approximate surface area is 128 Å². The van der Waals surface area contributed by atoms with Crippen LogP contribution in [0.5, 0.6) is 0 Å². The summed E-state index contributed by atoms with van der Waals surface area (Å²) in [5, 5.41) is 0. The fraction of sp³-hybridized carbons (Fsp3) is 0. The highest BCUT2D eigenvalue weighted by molar-refractivity contribution is 14.1. The quantitative estimate of drug-likeness (QED) is 0.741. The number of hydrogen-bond donors (Lipinski definition) is 1. The molecule has 0 aliphatic rings. The monoisotopic (exact) mass is 437 g/mol. The van der Waals surface area contributed by atoms with E-state index in [0.717, 1.165) is 8.04 Å². The van der Waals surface area contributed by atoms with Crippen molar-refractivity contribution in [3.8, 4) is 0 Å². The zero-order valence-corrected chi connectivity index (χ0v) is 13.7. The Morgan fingerprint density at radius 1 is 1.00 bits per heavy atom. The molecular formula is C12H9BrINO2S. The van der Waals surface area contributed by atoms with Crippen molar-refractivity contribution < 1.29 is 8.42 Å². The molecule has 6 heteroatoms. The second kappa shape index (κ2) is 5.58. The average molecular weight is 438 g/mol. The van der Waals surface area contributed by atoms with Crippen molar-refractivity contribution in [2.24, 2.45) is 0 Å². The molecule has 0 saturated heterocycles. The van der Waals surface area contributed by atoms with Crippen LogP contribution in [0.25, 0.3) is 0 Å². The topological polar surface area (TPSA) is 46.2 Å². The minimum absolute atomic E-state index is 0.241. The molecule has 1 N–H and O–H groups in total. The van der Waals surface area contributed by atoms with Gasteiger partial charge >= 0.3 is 0 Å². The first-order chi connectivity index (χ1) is 8.49.